The fourth-order valence-electron chi connectivity index (χ4n) is 3.28. The van der Waals surface area contributed by atoms with Gasteiger partial charge in [-0.25, -0.2) is 4.79 Å². The first kappa shape index (κ1) is 18.8. The molecule has 6 heteroatoms. The molecule has 2 N–H and O–H groups in total. The van der Waals surface area contributed by atoms with E-state index >= 15 is 0 Å². The van der Waals surface area contributed by atoms with Crippen LogP contribution < -0.4 is 15.4 Å². The van der Waals surface area contributed by atoms with Crippen molar-refractivity contribution < 1.29 is 14.3 Å². The van der Waals surface area contributed by atoms with Crippen molar-refractivity contribution in [3.05, 3.63) is 65.7 Å². The van der Waals surface area contributed by atoms with Gasteiger partial charge in [0, 0.05) is 26.1 Å². The molecule has 0 aromatic heterocycles. The maximum atomic E-state index is 12.2. The Labute approximate surface area is 159 Å². The number of nitrogens with one attached hydrogen (secondary N) is 2. The Balaban J connectivity index is 1.42. The first-order valence-corrected chi connectivity index (χ1v) is 9.13. The zero-order valence-corrected chi connectivity index (χ0v) is 15.5. The summed E-state index contributed by atoms with van der Waals surface area (Å²) in [5.74, 6) is 0.885. The average Bonchev–Trinajstić information content (AvgIpc) is 3.01. The second-order valence-electron chi connectivity index (χ2n) is 6.62. The minimum Gasteiger partial charge on any atom is -0.496 e. The third kappa shape index (κ3) is 5.23. The molecule has 0 aliphatic carbocycles. The highest BCUT2D eigenvalue weighted by Crippen LogP contribution is 2.17. The van der Waals surface area contributed by atoms with Crippen molar-refractivity contribution >= 4 is 11.9 Å². The lowest BCUT2D eigenvalue weighted by Gasteiger charge is -2.17. The minimum atomic E-state index is -0.246. The highest BCUT2D eigenvalue weighted by molar-refractivity contribution is 5.81. The predicted molar refractivity (Wildman–Crippen MR) is 103 cm³/mol. The van der Waals surface area contributed by atoms with Crippen molar-refractivity contribution in [2.45, 2.75) is 25.4 Å². The SMILES string of the molecule is COc1ccccc1CCNC(=O)NC1CC(=O)N(Cc2ccccc2)C1. The van der Waals surface area contributed by atoms with Crippen LogP contribution in [0, 0.1) is 0 Å². The van der Waals surface area contributed by atoms with E-state index in [1.807, 2.05) is 54.6 Å². The van der Waals surface area contributed by atoms with Gasteiger partial charge in [0.05, 0.1) is 13.2 Å². The monoisotopic (exact) mass is 367 g/mol. The van der Waals surface area contributed by atoms with Gasteiger partial charge in [-0.05, 0) is 23.6 Å². The molecular weight excluding hydrogens is 342 g/mol. The molecule has 2 aromatic rings. The van der Waals surface area contributed by atoms with Crippen LogP contribution in [0.1, 0.15) is 17.5 Å². The maximum Gasteiger partial charge on any atom is 0.315 e. The third-order valence-corrected chi connectivity index (χ3v) is 4.64. The standard InChI is InChI=1S/C21H25N3O3/c1-27-19-10-6-5-9-17(19)11-12-22-21(26)23-18-13-20(25)24(15-18)14-16-7-3-2-4-8-16/h2-10,18H,11-15H2,1H3,(H2,22,23,26). The van der Waals surface area contributed by atoms with Crippen LogP contribution in [0.3, 0.4) is 0 Å². The summed E-state index contributed by atoms with van der Waals surface area (Å²) in [5.41, 5.74) is 2.14. The van der Waals surface area contributed by atoms with Gasteiger partial charge in [0.2, 0.25) is 5.91 Å². The van der Waals surface area contributed by atoms with E-state index in [2.05, 4.69) is 10.6 Å². The van der Waals surface area contributed by atoms with Crippen LogP contribution in [0.2, 0.25) is 0 Å². The normalized spacial score (nSPS) is 16.3. The Kier molecular flexibility index (Phi) is 6.30. The lowest BCUT2D eigenvalue weighted by molar-refractivity contribution is -0.128. The molecule has 2 aromatic carbocycles. The number of likely N-dealkylation sites (tertiary alicyclic amines) is 1. The highest BCUT2D eigenvalue weighted by atomic mass is 16.5. The molecule has 1 unspecified atom stereocenters. The Bertz CT molecular complexity index is 779. The number of carbonyl (C=O) groups excluding carboxylic acids is 2. The molecule has 1 aliphatic rings. The molecule has 1 aliphatic heterocycles. The van der Waals surface area contributed by atoms with Crippen LogP contribution in [-0.4, -0.2) is 43.1 Å². The molecule has 27 heavy (non-hydrogen) atoms. The second-order valence-corrected chi connectivity index (χ2v) is 6.62. The Morgan fingerprint density at radius 3 is 2.67 bits per heavy atom. The third-order valence-electron chi connectivity index (χ3n) is 4.64. The van der Waals surface area contributed by atoms with Gasteiger partial charge in [-0.1, -0.05) is 48.5 Å². The van der Waals surface area contributed by atoms with Crippen molar-refractivity contribution in [1.29, 1.82) is 0 Å². The van der Waals surface area contributed by atoms with E-state index in [1.54, 1.807) is 12.0 Å². The van der Waals surface area contributed by atoms with E-state index in [9.17, 15) is 9.59 Å². The van der Waals surface area contributed by atoms with Gasteiger partial charge < -0.3 is 20.3 Å². The molecular formula is C21H25N3O3. The molecule has 3 amide bonds. The number of hydrogen-bond acceptors (Lipinski definition) is 3. The number of para-hydroxylation sites is 1. The molecule has 3 rings (SSSR count). The van der Waals surface area contributed by atoms with Crippen LogP contribution in [0.5, 0.6) is 5.75 Å². The lowest BCUT2D eigenvalue weighted by Crippen LogP contribution is -2.43. The number of ether oxygens (including phenoxy) is 1. The molecule has 1 heterocycles. The fourth-order valence-corrected chi connectivity index (χ4v) is 3.28. The molecule has 0 radical (unpaired) electrons. The first-order chi connectivity index (χ1) is 13.2. The molecule has 1 atom stereocenters. The molecule has 1 saturated heterocycles. The van der Waals surface area contributed by atoms with Crippen LogP contribution in [-0.2, 0) is 17.8 Å². The Morgan fingerprint density at radius 2 is 1.89 bits per heavy atom. The van der Waals surface area contributed by atoms with E-state index < -0.39 is 0 Å². The number of hydrogen-bond donors (Lipinski definition) is 2. The molecule has 0 spiro atoms. The fraction of sp³-hybridized carbons (Fsp3) is 0.333. The Morgan fingerprint density at radius 1 is 1.15 bits per heavy atom. The summed E-state index contributed by atoms with van der Waals surface area (Å²) in [6, 6.07) is 17.2. The van der Waals surface area contributed by atoms with Crippen molar-refractivity contribution in [3.8, 4) is 5.75 Å². The number of methoxy groups -OCH3 is 1. The van der Waals surface area contributed by atoms with Crippen molar-refractivity contribution in [2.75, 3.05) is 20.2 Å². The topological polar surface area (TPSA) is 70.7 Å². The van der Waals surface area contributed by atoms with E-state index in [0.29, 0.717) is 32.5 Å². The quantitative estimate of drug-likeness (QED) is 0.789. The molecule has 0 saturated carbocycles. The minimum absolute atomic E-state index is 0.0678. The van der Waals surface area contributed by atoms with E-state index in [0.717, 1.165) is 16.9 Å². The smallest absolute Gasteiger partial charge is 0.315 e. The van der Waals surface area contributed by atoms with Gasteiger partial charge in [-0.15, -0.1) is 0 Å². The highest BCUT2D eigenvalue weighted by Gasteiger charge is 2.30. The Hall–Kier alpha value is -3.02. The summed E-state index contributed by atoms with van der Waals surface area (Å²) in [5, 5.41) is 5.75. The lowest BCUT2D eigenvalue weighted by atomic mass is 10.1. The van der Waals surface area contributed by atoms with Crippen molar-refractivity contribution in [1.82, 2.24) is 15.5 Å². The summed E-state index contributed by atoms with van der Waals surface area (Å²) >= 11 is 0. The van der Waals surface area contributed by atoms with Gasteiger partial charge in [0.1, 0.15) is 5.75 Å². The van der Waals surface area contributed by atoms with Gasteiger partial charge >= 0.3 is 6.03 Å². The van der Waals surface area contributed by atoms with Crippen LogP contribution in [0.25, 0.3) is 0 Å². The van der Waals surface area contributed by atoms with Gasteiger partial charge in [0.15, 0.2) is 0 Å². The van der Waals surface area contributed by atoms with Crippen LogP contribution in [0.4, 0.5) is 4.79 Å². The van der Waals surface area contributed by atoms with Crippen molar-refractivity contribution in [2.24, 2.45) is 0 Å². The molecule has 142 valence electrons. The average molecular weight is 367 g/mol. The van der Waals surface area contributed by atoms with E-state index in [1.165, 1.54) is 0 Å². The van der Waals surface area contributed by atoms with Crippen LogP contribution >= 0.6 is 0 Å². The van der Waals surface area contributed by atoms with Crippen molar-refractivity contribution in [3.63, 3.8) is 0 Å². The maximum absolute atomic E-state index is 12.2. The summed E-state index contributed by atoms with van der Waals surface area (Å²) in [7, 11) is 1.64. The van der Waals surface area contributed by atoms with E-state index in [4.69, 9.17) is 4.74 Å². The first-order valence-electron chi connectivity index (χ1n) is 9.13. The van der Waals surface area contributed by atoms with Gasteiger partial charge in [-0.3, -0.25) is 4.79 Å². The number of amides is 3. The molecule has 1 fully saturated rings. The summed E-state index contributed by atoms with van der Waals surface area (Å²) < 4.78 is 5.31. The van der Waals surface area contributed by atoms with Gasteiger partial charge in [0.25, 0.3) is 0 Å². The predicted octanol–water partition coefficient (Wildman–Crippen LogP) is 2.34. The summed E-state index contributed by atoms with van der Waals surface area (Å²) in [4.78, 5) is 26.1. The largest absolute Gasteiger partial charge is 0.496 e. The molecule has 6 nitrogen and oxygen atoms in total. The zero-order chi connectivity index (χ0) is 19.1. The summed E-state index contributed by atoms with van der Waals surface area (Å²) in [6.07, 6.45) is 1.02. The second kappa shape index (κ2) is 9.07. The number of benzene rings is 2. The number of nitrogens with zero attached hydrogens (tertiary/aromatic N) is 1. The number of rotatable bonds is 7. The zero-order valence-electron chi connectivity index (χ0n) is 15.5. The van der Waals surface area contributed by atoms with Gasteiger partial charge in [-0.2, -0.15) is 0 Å². The molecule has 0 bridgehead atoms. The summed E-state index contributed by atoms with van der Waals surface area (Å²) in [6.45, 7) is 1.61. The van der Waals surface area contributed by atoms with Crippen LogP contribution in [0.15, 0.2) is 54.6 Å². The number of carbonyl (C=O) groups is 2. The number of urea groups is 1. The van der Waals surface area contributed by atoms with E-state index in [-0.39, 0.29) is 18.0 Å².